The fraction of sp³-hybridized carbons (Fsp3) is 0.143. The third-order valence-corrected chi connectivity index (χ3v) is 3.14. The van der Waals surface area contributed by atoms with Crippen molar-refractivity contribution in [1.82, 2.24) is 0 Å². The van der Waals surface area contributed by atoms with Gasteiger partial charge >= 0.3 is 0 Å². The summed E-state index contributed by atoms with van der Waals surface area (Å²) in [5.41, 5.74) is 7.44. The molecule has 0 spiro atoms. The van der Waals surface area contributed by atoms with Crippen LogP contribution < -0.4 is 15.2 Å². The fourth-order valence-corrected chi connectivity index (χ4v) is 2.02. The highest BCUT2D eigenvalue weighted by Crippen LogP contribution is 2.35. The molecule has 0 saturated carbocycles. The Morgan fingerprint density at radius 3 is 2.50 bits per heavy atom. The Bertz CT molecular complexity index is 526. The lowest BCUT2D eigenvalue weighted by Gasteiger charge is -2.12. The van der Waals surface area contributed by atoms with Crippen LogP contribution in [0.2, 0.25) is 0 Å². The predicted octanol–water partition coefficient (Wildman–Crippen LogP) is 3.62. The standard InChI is InChI=1S/C14H14BrNO2/c1-17-13-4-2-3-12(15)14(13)18-9-10-5-7-11(16)8-6-10/h2-8H,9,16H2,1H3. The van der Waals surface area contributed by atoms with Crippen molar-refractivity contribution in [3.63, 3.8) is 0 Å². The van der Waals surface area contributed by atoms with E-state index in [0.29, 0.717) is 18.1 Å². The predicted molar refractivity (Wildman–Crippen MR) is 75.9 cm³/mol. The number of hydrogen-bond donors (Lipinski definition) is 1. The first-order valence-electron chi connectivity index (χ1n) is 5.50. The molecule has 2 N–H and O–H groups in total. The van der Waals surface area contributed by atoms with Gasteiger partial charge in [0.25, 0.3) is 0 Å². The van der Waals surface area contributed by atoms with E-state index < -0.39 is 0 Å². The van der Waals surface area contributed by atoms with E-state index in [1.165, 1.54) is 0 Å². The van der Waals surface area contributed by atoms with Gasteiger partial charge in [0, 0.05) is 5.69 Å². The molecular formula is C14H14BrNO2. The summed E-state index contributed by atoms with van der Waals surface area (Å²) < 4.78 is 11.9. The van der Waals surface area contributed by atoms with Crippen LogP contribution in [-0.4, -0.2) is 7.11 Å². The molecule has 0 bridgehead atoms. The molecule has 0 atom stereocenters. The van der Waals surface area contributed by atoms with E-state index in [1.807, 2.05) is 42.5 Å². The number of benzene rings is 2. The molecule has 0 amide bonds. The van der Waals surface area contributed by atoms with E-state index in [9.17, 15) is 0 Å². The lowest BCUT2D eigenvalue weighted by atomic mass is 10.2. The van der Waals surface area contributed by atoms with Crippen LogP contribution in [0, 0.1) is 0 Å². The van der Waals surface area contributed by atoms with E-state index in [0.717, 1.165) is 15.7 Å². The topological polar surface area (TPSA) is 44.5 Å². The summed E-state index contributed by atoms with van der Waals surface area (Å²) in [7, 11) is 1.62. The lowest BCUT2D eigenvalue weighted by molar-refractivity contribution is 0.282. The Morgan fingerprint density at radius 2 is 1.83 bits per heavy atom. The number of anilines is 1. The summed E-state index contributed by atoms with van der Waals surface area (Å²) >= 11 is 3.45. The van der Waals surface area contributed by atoms with E-state index in [1.54, 1.807) is 7.11 Å². The second-order valence-corrected chi connectivity index (χ2v) is 4.66. The maximum absolute atomic E-state index is 5.77. The molecule has 0 saturated heterocycles. The van der Waals surface area contributed by atoms with Gasteiger partial charge in [-0.25, -0.2) is 0 Å². The molecule has 0 unspecified atom stereocenters. The van der Waals surface area contributed by atoms with Crippen LogP contribution in [0.1, 0.15) is 5.56 Å². The van der Waals surface area contributed by atoms with Crippen molar-refractivity contribution in [3.8, 4) is 11.5 Å². The zero-order chi connectivity index (χ0) is 13.0. The number of para-hydroxylation sites is 1. The monoisotopic (exact) mass is 307 g/mol. The summed E-state index contributed by atoms with van der Waals surface area (Å²) in [6, 6.07) is 13.3. The summed E-state index contributed by atoms with van der Waals surface area (Å²) in [4.78, 5) is 0. The van der Waals surface area contributed by atoms with E-state index in [4.69, 9.17) is 15.2 Å². The van der Waals surface area contributed by atoms with Gasteiger partial charge in [-0.05, 0) is 45.8 Å². The van der Waals surface area contributed by atoms with Crippen molar-refractivity contribution >= 4 is 21.6 Å². The van der Waals surface area contributed by atoms with Crippen molar-refractivity contribution in [2.75, 3.05) is 12.8 Å². The summed E-state index contributed by atoms with van der Waals surface area (Å²) in [6.45, 7) is 0.471. The highest BCUT2D eigenvalue weighted by atomic mass is 79.9. The van der Waals surface area contributed by atoms with Gasteiger partial charge in [-0.1, -0.05) is 18.2 Å². The lowest BCUT2D eigenvalue weighted by Crippen LogP contribution is -1.98. The Kier molecular flexibility index (Phi) is 4.10. The second-order valence-electron chi connectivity index (χ2n) is 3.80. The van der Waals surface area contributed by atoms with Crippen LogP contribution in [-0.2, 0) is 6.61 Å². The summed E-state index contributed by atoms with van der Waals surface area (Å²) in [5.74, 6) is 1.41. The minimum absolute atomic E-state index is 0.471. The van der Waals surface area contributed by atoms with Gasteiger partial charge in [0.2, 0.25) is 0 Å². The number of nitrogen functional groups attached to an aromatic ring is 1. The molecule has 0 aromatic heterocycles. The van der Waals surface area contributed by atoms with E-state index >= 15 is 0 Å². The Morgan fingerprint density at radius 1 is 1.11 bits per heavy atom. The molecule has 0 aliphatic carbocycles. The number of hydrogen-bond acceptors (Lipinski definition) is 3. The normalized spacial score (nSPS) is 10.1. The maximum Gasteiger partial charge on any atom is 0.175 e. The van der Waals surface area contributed by atoms with Crippen molar-refractivity contribution < 1.29 is 9.47 Å². The smallest absolute Gasteiger partial charge is 0.175 e. The third-order valence-electron chi connectivity index (χ3n) is 2.51. The molecular weight excluding hydrogens is 294 g/mol. The van der Waals surface area contributed by atoms with Gasteiger partial charge in [0.1, 0.15) is 6.61 Å². The first kappa shape index (κ1) is 12.8. The van der Waals surface area contributed by atoms with Gasteiger partial charge < -0.3 is 15.2 Å². The molecule has 3 nitrogen and oxygen atoms in total. The minimum Gasteiger partial charge on any atom is -0.493 e. The molecule has 2 rings (SSSR count). The molecule has 2 aromatic carbocycles. The number of methoxy groups -OCH3 is 1. The highest BCUT2D eigenvalue weighted by Gasteiger charge is 2.08. The van der Waals surface area contributed by atoms with Crippen LogP contribution in [0.25, 0.3) is 0 Å². The Labute approximate surface area is 115 Å². The Balaban J connectivity index is 2.12. The van der Waals surface area contributed by atoms with Gasteiger partial charge in [0.05, 0.1) is 11.6 Å². The van der Waals surface area contributed by atoms with Gasteiger partial charge in [-0.3, -0.25) is 0 Å². The van der Waals surface area contributed by atoms with Gasteiger partial charge in [0.15, 0.2) is 11.5 Å². The maximum atomic E-state index is 5.77. The molecule has 0 fully saturated rings. The van der Waals surface area contributed by atoms with Crippen LogP contribution in [0.15, 0.2) is 46.9 Å². The van der Waals surface area contributed by atoms with E-state index in [-0.39, 0.29) is 0 Å². The molecule has 94 valence electrons. The average molecular weight is 308 g/mol. The molecule has 4 heteroatoms. The van der Waals surface area contributed by atoms with Crippen LogP contribution in [0.3, 0.4) is 0 Å². The number of ether oxygens (including phenoxy) is 2. The molecule has 2 aromatic rings. The quantitative estimate of drug-likeness (QED) is 0.877. The van der Waals surface area contributed by atoms with Gasteiger partial charge in [-0.2, -0.15) is 0 Å². The summed E-state index contributed by atoms with van der Waals surface area (Å²) in [6.07, 6.45) is 0. The molecule has 0 aliphatic rings. The highest BCUT2D eigenvalue weighted by molar-refractivity contribution is 9.10. The van der Waals surface area contributed by atoms with Gasteiger partial charge in [-0.15, -0.1) is 0 Å². The molecule has 0 heterocycles. The second kappa shape index (κ2) is 5.78. The average Bonchev–Trinajstić information content (AvgIpc) is 2.39. The summed E-state index contributed by atoms with van der Waals surface area (Å²) in [5, 5.41) is 0. The number of rotatable bonds is 4. The van der Waals surface area contributed by atoms with Crippen LogP contribution in [0.5, 0.6) is 11.5 Å². The SMILES string of the molecule is COc1cccc(Br)c1OCc1ccc(N)cc1. The van der Waals surface area contributed by atoms with Crippen LogP contribution >= 0.6 is 15.9 Å². The van der Waals surface area contributed by atoms with Crippen molar-refractivity contribution in [2.24, 2.45) is 0 Å². The first-order chi connectivity index (χ1) is 8.70. The Hall–Kier alpha value is -1.68. The molecule has 18 heavy (non-hydrogen) atoms. The number of nitrogens with two attached hydrogens (primary N) is 1. The number of halogens is 1. The fourth-order valence-electron chi connectivity index (χ4n) is 1.56. The molecule has 0 aliphatic heterocycles. The minimum atomic E-state index is 0.471. The van der Waals surface area contributed by atoms with Crippen LogP contribution in [0.4, 0.5) is 5.69 Å². The zero-order valence-electron chi connectivity index (χ0n) is 10.0. The third kappa shape index (κ3) is 2.96. The van der Waals surface area contributed by atoms with Crippen molar-refractivity contribution in [3.05, 3.63) is 52.5 Å². The largest absolute Gasteiger partial charge is 0.493 e. The first-order valence-corrected chi connectivity index (χ1v) is 6.29. The molecule has 0 radical (unpaired) electrons. The van der Waals surface area contributed by atoms with Crippen molar-refractivity contribution in [2.45, 2.75) is 6.61 Å². The van der Waals surface area contributed by atoms with E-state index in [2.05, 4.69) is 15.9 Å². The van der Waals surface area contributed by atoms with Crippen molar-refractivity contribution in [1.29, 1.82) is 0 Å². The zero-order valence-corrected chi connectivity index (χ0v) is 11.6.